The second kappa shape index (κ2) is 9.27. The van der Waals surface area contributed by atoms with E-state index in [1.54, 1.807) is 12.1 Å². The van der Waals surface area contributed by atoms with Gasteiger partial charge in [-0.15, -0.1) is 0 Å². The fraction of sp³-hybridized carbons (Fsp3) is 0.429. The quantitative estimate of drug-likeness (QED) is 0.404. The van der Waals surface area contributed by atoms with Crippen LogP contribution in [0.2, 0.25) is 10.0 Å². The van der Waals surface area contributed by atoms with E-state index < -0.39 is 0 Å². The van der Waals surface area contributed by atoms with Gasteiger partial charge in [0.1, 0.15) is 0 Å². The maximum atomic E-state index is 13.5. The number of nitrogens with zero attached hydrogens (tertiary/aromatic N) is 3. The summed E-state index contributed by atoms with van der Waals surface area (Å²) in [6.07, 6.45) is 7.05. The van der Waals surface area contributed by atoms with E-state index in [-0.39, 0.29) is 5.91 Å². The molecule has 1 aromatic heterocycles. The number of rotatable bonds is 6. The highest BCUT2D eigenvalue weighted by Crippen LogP contribution is 2.41. The van der Waals surface area contributed by atoms with E-state index in [4.69, 9.17) is 28.3 Å². The highest BCUT2D eigenvalue weighted by Gasteiger charge is 2.37. The van der Waals surface area contributed by atoms with Gasteiger partial charge >= 0.3 is 0 Å². The van der Waals surface area contributed by atoms with Crippen molar-refractivity contribution in [3.63, 3.8) is 0 Å². The van der Waals surface area contributed by atoms with Gasteiger partial charge in [0.15, 0.2) is 5.69 Å². The molecule has 2 heterocycles. The number of carbonyl (C=O) groups is 1. The molecule has 3 fully saturated rings. The monoisotopic (exact) mass is 508 g/mol. The van der Waals surface area contributed by atoms with Gasteiger partial charge < -0.3 is 0 Å². The third-order valence-electron chi connectivity index (χ3n) is 7.91. The summed E-state index contributed by atoms with van der Waals surface area (Å²) < 4.78 is 1.82. The molecule has 3 aliphatic rings. The van der Waals surface area contributed by atoms with E-state index in [0.717, 1.165) is 29.9 Å². The Hall–Kier alpha value is -2.34. The summed E-state index contributed by atoms with van der Waals surface area (Å²) >= 11 is 12.8. The number of carbonyl (C=O) groups excluding carboxylic acids is 1. The van der Waals surface area contributed by atoms with Crippen molar-refractivity contribution in [2.75, 3.05) is 13.1 Å². The van der Waals surface area contributed by atoms with Gasteiger partial charge in [0.2, 0.25) is 0 Å². The Bertz CT molecular complexity index is 1250. The Morgan fingerprint density at radius 1 is 1.03 bits per heavy atom. The number of benzene rings is 2. The standard InChI is InChI=1S/C28H30Cl2N4O/c1-2-23-26(28(35)32-33-15-20-4-3-5-21(20)16-33)31-34(25-13-12-22(29)14-24(25)30)27(23)19-10-8-18(9-11-19)17-6-7-17/h8-14,17,20-21H,2-7,15-16H2,1H3,(H,32,35). The molecule has 1 amide bonds. The molecule has 1 saturated heterocycles. The molecule has 2 atom stereocenters. The summed E-state index contributed by atoms with van der Waals surface area (Å²) in [5, 5.41) is 8.01. The summed E-state index contributed by atoms with van der Waals surface area (Å²) in [4.78, 5) is 13.5. The first-order valence-corrected chi connectivity index (χ1v) is 13.5. The molecule has 6 rings (SSSR count). The van der Waals surface area contributed by atoms with Gasteiger partial charge in [0.05, 0.1) is 16.4 Å². The Kier molecular flexibility index (Phi) is 6.11. The van der Waals surface area contributed by atoms with E-state index in [1.807, 2.05) is 10.7 Å². The molecular weight excluding hydrogens is 479 g/mol. The zero-order valence-electron chi connectivity index (χ0n) is 19.9. The summed E-state index contributed by atoms with van der Waals surface area (Å²) in [6.45, 7) is 3.93. The molecule has 1 N–H and O–H groups in total. The van der Waals surface area contributed by atoms with Crippen LogP contribution in [-0.4, -0.2) is 33.8 Å². The Morgan fingerprint density at radius 2 is 1.74 bits per heavy atom. The van der Waals surface area contributed by atoms with E-state index >= 15 is 0 Å². The molecule has 1 aliphatic heterocycles. The highest BCUT2D eigenvalue weighted by atomic mass is 35.5. The second-order valence-electron chi connectivity index (χ2n) is 10.2. The van der Waals surface area contributed by atoms with Gasteiger partial charge in [0, 0.05) is 29.2 Å². The van der Waals surface area contributed by atoms with Crippen molar-refractivity contribution in [3.05, 3.63) is 69.3 Å². The van der Waals surface area contributed by atoms with Crippen LogP contribution in [-0.2, 0) is 6.42 Å². The lowest BCUT2D eigenvalue weighted by Crippen LogP contribution is -2.41. The SMILES string of the molecule is CCc1c(C(=O)NN2CC3CCCC3C2)nn(-c2ccc(Cl)cc2Cl)c1-c1ccc(C2CC2)cc1. The minimum absolute atomic E-state index is 0.151. The highest BCUT2D eigenvalue weighted by molar-refractivity contribution is 6.35. The largest absolute Gasteiger partial charge is 0.286 e. The third-order valence-corrected chi connectivity index (χ3v) is 8.45. The van der Waals surface area contributed by atoms with Crippen LogP contribution in [0.3, 0.4) is 0 Å². The number of hydrogen-bond acceptors (Lipinski definition) is 3. The first-order valence-electron chi connectivity index (χ1n) is 12.8. The first kappa shape index (κ1) is 23.1. The van der Waals surface area contributed by atoms with Crippen molar-refractivity contribution < 1.29 is 4.79 Å². The summed E-state index contributed by atoms with van der Waals surface area (Å²) in [5.41, 5.74) is 8.56. The molecule has 5 nitrogen and oxygen atoms in total. The fourth-order valence-electron chi connectivity index (χ4n) is 5.94. The molecular formula is C28H30Cl2N4O. The lowest BCUT2D eigenvalue weighted by molar-refractivity contribution is 0.0807. The molecule has 182 valence electrons. The Labute approximate surface area is 216 Å². The van der Waals surface area contributed by atoms with Crippen LogP contribution >= 0.6 is 23.2 Å². The number of amides is 1. The van der Waals surface area contributed by atoms with E-state index in [2.05, 4.69) is 41.6 Å². The van der Waals surface area contributed by atoms with Gasteiger partial charge in [-0.1, -0.05) is 60.8 Å². The van der Waals surface area contributed by atoms with Crippen molar-refractivity contribution in [1.29, 1.82) is 0 Å². The number of halogens is 2. The summed E-state index contributed by atoms with van der Waals surface area (Å²) in [6, 6.07) is 14.1. The topological polar surface area (TPSA) is 50.2 Å². The normalized spacial score (nSPS) is 21.9. The molecule has 3 aromatic rings. The molecule has 2 unspecified atom stereocenters. The number of hydrogen-bond donors (Lipinski definition) is 1. The van der Waals surface area contributed by atoms with Crippen LogP contribution in [0.1, 0.15) is 66.6 Å². The molecule has 0 radical (unpaired) electrons. The van der Waals surface area contributed by atoms with Crippen LogP contribution in [0.4, 0.5) is 0 Å². The minimum atomic E-state index is -0.151. The number of aromatic nitrogens is 2. The molecule has 35 heavy (non-hydrogen) atoms. The predicted octanol–water partition coefficient (Wildman–Crippen LogP) is 6.66. The maximum absolute atomic E-state index is 13.5. The smallest absolute Gasteiger partial charge is 0.283 e. The van der Waals surface area contributed by atoms with Crippen molar-refractivity contribution in [2.45, 2.75) is 51.4 Å². The van der Waals surface area contributed by atoms with Crippen molar-refractivity contribution in [2.24, 2.45) is 11.8 Å². The third kappa shape index (κ3) is 4.39. The van der Waals surface area contributed by atoms with Crippen LogP contribution in [0.15, 0.2) is 42.5 Å². The van der Waals surface area contributed by atoms with Gasteiger partial charge in [-0.3, -0.25) is 10.2 Å². The molecule has 2 saturated carbocycles. The van der Waals surface area contributed by atoms with Gasteiger partial charge in [-0.05, 0) is 73.6 Å². The van der Waals surface area contributed by atoms with Crippen LogP contribution in [0, 0.1) is 11.8 Å². The average Bonchev–Trinajstić information content (AvgIpc) is 3.32. The van der Waals surface area contributed by atoms with Crippen LogP contribution < -0.4 is 5.43 Å². The zero-order valence-corrected chi connectivity index (χ0v) is 21.4. The maximum Gasteiger partial charge on any atom is 0.286 e. The summed E-state index contributed by atoms with van der Waals surface area (Å²) in [7, 11) is 0. The van der Waals surface area contributed by atoms with E-state index in [1.165, 1.54) is 37.7 Å². The number of hydrazine groups is 1. The average molecular weight is 509 g/mol. The summed E-state index contributed by atoms with van der Waals surface area (Å²) in [5.74, 6) is 1.94. The predicted molar refractivity (Wildman–Crippen MR) is 140 cm³/mol. The van der Waals surface area contributed by atoms with Crippen LogP contribution in [0.5, 0.6) is 0 Å². The molecule has 0 spiro atoms. The zero-order chi connectivity index (χ0) is 24.1. The van der Waals surface area contributed by atoms with E-state index in [9.17, 15) is 4.79 Å². The fourth-order valence-corrected chi connectivity index (χ4v) is 6.43. The molecule has 0 bridgehead atoms. The number of fused-ring (bicyclic) bond motifs is 1. The van der Waals surface area contributed by atoms with E-state index in [0.29, 0.717) is 45.6 Å². The first-order chi connectivity index (χ1) is 17.0. The minimum Gasteiger partial charge on any atom is -0.283 e. The second-order valence-corrected chi connectivity index (χ2v) is 11.1. The molecule has 2 aromatic carbocycles. The Balaban J connectivity index is 1.40. The number of nitrogens with one attached hydrogen (secondary N) is 1. The Morgan fingerprint density at radius 3 is 2.37 bits per heavy atom. The lowest BCUT2D eigenvalue weighted by atomic mass is 10.0. The van der Waals surface area contributed by atoms with Crippen LogP contribution in [0.25, 0.3) is 16.9 Å². The van der Waals surface area contributed by atoms with Gasteiger partial charge in [-0.2, -0.15) is 5.10 Å². The molecule has 7 heteroatoms. The lowest BCUT2D eigenvalue weighted by Gasteiger charge is -2.17. The van der Waals surface area contributed by atoms with Gasteiger partial charge in [0.25, 0.3) is 5.91 Å². The van der Waals surface area contributed by atoms with Crippen molar-refractivity contribution >= 4 is 29.1 Å². The van der Waals surface area contributed by atoms with Gasteiger partial charge in [-0.25, -0.2) is 9.69 Å². The van der Waals surface area contributed by atoms with Crippen molar-refractivity contribution in [3.8, 4) is 16.9 Å². The van der Waals surface area contributed by atoms with Crippen molar-refractivity contribution in [1.82, 2.24) is 20.2 Å². The molecule has 2 aliphatic carbocycles.